The van der Waals surface area contributed by atoms with Crippen molar-refractivity contribution in [2.45, 2.75) is 12.8 Å². The van der Waals surface area contributed by atoms with E-state index in [1.165, 1.54) is 19.2 Å². The molecule has 0 amide bonds. The number of ether oxygens (including phenoxy) is 1. The summed E-state index contributed by atoms with van der Waals surface area (Å²) >= 11 is 0. The maximum atomic E-state index is 13.3. The molecule has 26 heavy (non-hydrogen) atoms. The minimum Gasteiger partial charge on any atom is -0.465 e. The molecular weight excluding hydrogens is 331 g/mol. The smallest absolute Gasteiger partial charge is 0.337 e. The Morgan fingerprint density at radius 2 is 1.81 bits per heavy atom. The van der Waals surface area contributed by atoms with Crippen LogP contribution in [0.1, 0.15) is 23.2 Å². The van der Waals surface area contributed by atoms with Gasteiger partial charge in [0.2, 0.25) is 0 Å². The number of esters is 1. The summed E-state index contributed by atoms with van der Waals surface area (Å²) in [5.74, 6) is -0.628. The normalized spacial score (nSPS) is 14.0. The number of carbonyl (C=O) groups is 1. The van der Waals surface area contributed by atoms with Crippen molar-refractivity contribution < 1.29 is 13.9 Å². The molecule has 132 valence electrons. The van der Waals surface area contributed by atoms with Gasteiger partial charge in [-0.15, -0.1) is 0 Å². The first-order chi connectivity index (χ1) is 12.7. The molecule has 2 aromatic carbocycles. The average Bonchev–Trinajstić information content (AvgIpc) is 3.21. The molecule has 0 aliphatic carbocycles. The van der Waals surface area contributed by atoms with Gasteiger partial charge in [0.1, 0.15) is 5.82 Å². The molecule has 3 aromatic rings. The summed E-state index contributed by atoms with van der Waals surface area (Å²) in [6.45, 7) is 1.94. The Bertz CT molecular complexity index is 964. The molecule has 1 aliphatic heterocycles. The van der Waals surface area contributed by atoms with E-state index in [-0.39, 0.29) is 11.8 Å². The van der Waals surface area contributed by atoms with Gasteiger partial charge < -0.3 is 9.64 Å². The van der Waals surface area contributed by atoms with Gasteiger partial charge in [0.25, 0.3) is 0 Å². The topological polar surface area (TPSA) is 42.4 Å². The van der Waals surface area contributed by atoms with Gasteiger partial charge in [-0.3, -0.25) is 0 Å². The number of rotatable bonds is 3. The quantitative estimate of drug-likeness (QED) is 0.656. The van der Waals surface area contributed by atoms with Crippen LogP contribution in [0.3, 0.4) is 0 Å². The molecule has 1 aliphatic rings. The molecule has 4 nitrogen and oxygen atoms in total. The number of carbonyl (C=O) groups excluding carboxylic acids is 1. The number of pyridine rings is 1. The number of hydrogen-bond donors (Lipinski definition) is 0. The third kappa shape index (κ3) is 3.01. The van der Waals surface area contributed by atoms with E-state index in [4.69, 9.17) is 9.72 Å². The summed E-state index contributed by atoms with van der Waals surface area (Å²) in [7, 11) is 1.37. The number of anilines is 1. The minimum absolute atomic E-state index is 0.264. The lowest BCUT2D eigenvalue weighted by Crippen LogP contribution is -2.19. The summed E-state index contributed by atoms with van der Waals surface area (Å²) in [6.07, 6.45) is 2.28. The molecule has 1 aromatic heterocycles. The lowest BCUT2D eigenvalue weighted by atomic mass is 10.0. The second-order valence-corrected chi connectivity index (χ2v) is 6.46. The molecule has 5 heteroatoms. The SMILES string of the molecule is COC(=O)c1ccc2nc(-c3ccc(F)cc3)c(N3CCCC3)cc2c1. The third-order valence-corrected chi connectivity index (χ3v) is 4.78. The summed E-state index contributed by atoms with van der Waals surface area (Å²) in [5, 5.41) is 0.890. The molecule has 2 heterocycles. The van der Waals surface area contributed by atoms with Gasteiger partial charge in [0, 0.05) is 24.0 Å². The Morgan fingerprint density at radius 3 is 2.50 bits per heavy atom. The van der Waals surface area contributed by atoms with E-state index in [1.807, 2.05) is 12.1 Å². The van der Waals surface area contributed by atoms with Gasteiger partial charge in [-0.05, 0) is 61.4 Å². The first kappa shape index (κ1) is 16.5. The minimum atomic E-state index is -0.364. The Morgan fingerprint density at radius 1 is 1.08 bits per heavy atom. The van der Waals surface area contributed by atoms with Crippen LogP contribution in [-0.2, 0) is 4.74 Å². The predicted octanol–water partition coefficient (Wildman–Crippen LogP) is 4.43. The number of fused-ring (bicyclic) bond motifs is 1. The second-order valence-electron chi connectivity index (χ2n) is 6.46. The van der Waals surface area contributed by atoms with Crippen molar-refractivity contribution in [3.05, 3.63) is 59.9 Å². The van der Waals surface area contributed by atoms with Crippen molar-refractivity contribution in [2.75, 3.05) is 25.1 Å². The van der Waals surface area contributed by atoms with Gasteiger partial charge in [0.15, 0.2) is 0 Å². The highest BCUT2D eigenvalue weighted by Gasteiger charge is 2.19. The summed E-state index contributed by atoms with van der Waals surface area (Å²) in [4.78, 5) is 19.0. The van der Waals surface area contributed by atoms with Crippen LogP contribution in [0.25, 0.3) is 22.2 Å². The molecule has 0 spiro atoms. The van der Waals surface area contributed by atoms with E-state index in [0.717, 1.165) is 53.8 Å². The first-order valence-electron chi connectivity index (χ1n) is 8.70. The summed E-state index contributed by atoms with van der Waals surface area (Å²) < 4.78 is 18.2. The van der Waals surface area contributed by atoms with E-state index >= 15 is 0 Å². The number of benzene rings is 2. The number of halogens is 1. The third-order valence-electron chi connectivity index (χ3n) is 4.78. The molecule has 0 unspecified atom stereocenters. The van der Waals surface area contributed by atoms with Crippen LogP contribution >= 0.6 is 0 Å². The van der Waals surface area contributed by atoms with Crippen molar-refractivity contribution in [1.82, 2.24) is 4.98 Å². The van der Waals surface area contributed by atoms with Gasteiger partial charge in [0.05, 0.1) is 29.6 Å². The molecule has 1 fully saturated rings. The molecule has 0 radical (unpaired) electrons. The van der Waals surface area contributed by atoms with Gasteiger partial charge in [-0.2, -0.15) is 0 Å². The molecule has 0 bridgehead atoms. The Kier molecular flexibility index (Phi) is 4.29. The summed E-state index contributed by atoms with van der Waals surface area (Å²) in [5.41, 5.74) is 4.03. The fourth-order valence-corrected chi connectivity index (χ4v) is 3.43. The van der Waals surface area contributed by atoms with Crippen LogP contribution in [-0.4, -0.2) is 31.2 Å². The lowest BCUT2D eigenvalue weighted by Gasteiger charge is -2.22. The zero-order chi connectivity index (χ0) is 18.1. The van der Waals surface area contributed by atoms with E-state index in [2.05, 4.69) is 11.0 Å². The van der Waals surface area contributed by atoms with Crippen molar-refractivity contribution in [1.29, 1.82) is 0 Å². The van der Waals surface area contributed by atoms with Crippen LogP contribution < -0.4 is 4.90 Å². The van der Waals surface area contributed by atoms with Gasteiger partial charge in [-0.25, -0.2) is 14.2 Å². The molecule has 1 saturated heterocycles. The molecule has 0 atom stereocenters. The van der Waals surface area contributed by atoms with Crippen LogP contribution in [0.4, 0.5) is 10.1 Å². The van der Waals surface area contributed by atoms with Crippen LogP contribution in [0.15, 0.2) is 48.5 Å². The van der Waals surface area contributed by atoms with E-state index < -0.39 is 0 Å². The number of hydrogen-bond acceptors (Lipinski definition) is 4. The number of aromatic nitrogens is 1. The zero-order valence-electron chi connectivity index (χ0n) is 14.5. The summed E-state index contributed by atoms with van der Waals surface area (Å²) in [6, 6.07) is 13.8. The first-order valence-corrected chi connectivity index (χ1v) is 8.70. The largest absolute Gasteiger partial charge is 0.465 e. The second kappa shape index (κ2) is 6.75. The zero-order valence-corrected chi connectivity index (χ0v) is 14.5. The van der Waals surface area contributed by atoms with Crippen molar-refractivity contribution >= 4 is 22.6 Å². The molecule has 0 N–H and O–H groups in total. The number of methoxy groups -OCH3 is 1. The van der Waals surface area contributed by atoms with Crippen molar-refractivity contribution in [2.24, 2.45) is 0 Å². The van der Waals surface area contributed by atoms with Gasteiger partial charge >= 0.3 is 5.97 Å². The lowest BCUT2D eigenvalue weighted by molar-refractivity contribution is 0.0601. The number of nitrogens with zero attached hydrogens (tertiary/aromatic N) is 2. The molecule has 4 rings (SSSR count). The highest BCUT2D eigenvalue weighted by molar-refractivity contribution is 5.96. The van der Waals surface area contributed by atoms with Crippen molar-refractivity contribution in [3.8, 4) is 11.3 Å². The Labute approximate surface area is 151 Å². The molecular formula is C21H19FN2O2. The monoisotopic (exact) mass is 350 g/mol. The Hall–Kier alpha value is -2.95. The molecule has 0 saturated carbocycles. The standard InChI is InChI=1S/C21H19FN2O2/c1-26-21(25)15-6-9-18-16(12-15)13-19(24-10-2-3-11-24)20(23-18)14-4-7-17(22)8-5-14/h4-9,12-13H,2-3,10-11H2,1H3. The van der Waals surface area contributed by atoms with Crippen LogP contribution in [0.5, 0.6) is 0 Å². The van der Waals surface area contributed by atoms with Gasteiger partial charge in [-0.1, -0.05) is 0 Å². The average molecular weight is 350 g/mol. The van der Waals surface area contributed by atoms with Crippen LogP contribution in [0, 0.1) is 5.82 Å². The van der Waals surface area contributed by atoms with Crippen molar-refractivity contribution in [3.63, 3.8) is 0 Å². The maximum Gasteiger partial charge on any atom is 0.337 e. The maximum absolute atomic E-state index is 13.3. The van der Waals surface area contributed by atoms with E-state index in [1.54, 1.807) is 18.2 Å². The van der Waals surface area contributed by atoms with Crippen LogP contribution in [0.2, 0.25) is 0 Å². The fourth-order valence-electron chi connectivity index (χ4n) is 3.43. The predicted molar refractivity (Wildman–Crippen MR) is 99.9 cm³/mol. The fraction of sp³-hybridized carbons (Fsp3) is 0.238. The Balaban J connectivity index is 1.89. The van der Waals surface area contributed by atoms with E-state index in [0.29, 0.717) is 5.56 Å². The highest BCUT2D eigenvalue weighted by atomic mass is 19.1. The highest BCUT2D eigenvalue weighted by Crippen LogP contribution is 2.34. The van der Waals surface area contributed by atoms with E-state index in [9.17, 15) is 9.18 Å².